The van der Waals surface area contributed by atoms with E-state index in [9.17, 15) is 18.0 Å². The number of rotatable bonds is 13. The maximum absolute atomic E-state index is 13.9. The zero-order valence-corrected chi connectivity index (χ0v) is 25.1. The predicted octanol–water partition coefficient (Wildman–Crippen LogP) is 5.61. The summed E-state index contributed by atoms with van der Waals surface area (Å²) < 4.78 is 34.6. The summed E-state index contributed by atoms with van der Waals surface area (Å²) in [6.07, 6.45) is 2.56. The zero-order valence-electron chi connectivity index (χ0n) is 23.4. The van der Waals surface area contributed by atoms with Crippen LogP contribution in [0.1, 0.15) is 22.8 Å². The van der Waals surface area contributed by atoms with Gasteiger partial charge in [-0.05, 0) is 73.7 Å². The molecule has 0 saturated heterocycles. The molecule has 0 saturated carbocycles. The van der Waals surface area contributed by atoms with Crippen LogP contribution in [0.5, 0.6) is 5.75 Å². The second-order valence-electron chi connectivity index (χ2n) is 9.17. The van der Waals surface area contributed by atoms with Crippen LogP contribution < -0.4 is 19.7 Å². The van der Waals surface area contributed by atoms with Gasteiger partial charge < -0.3 is 15.4 Å². The predicted molar refractivity (Wildman–Crippen MR) is 168 cm³/mol. The molecule has 218 valence electrons. The highest BCUT2D eigenvalue weighted by Crippen LogP contribution is 2.33. The summed E-state index contributed by atoms with van der Waals surface area (Å²) in [4.78, 5) is 27.4. The van der Waals surface area contributed by atoms with Crippen LogP contribution in [0.4, 0.5) is 11.4 Å². The number of para-hydroxylation sites is 3. The van der Waals surface area contributed by atoms with E-state index in [1.165, 1.54) is 23.9 Å². The molecule has 0 aromatic heterocycles. The molecule has 0 radical (unpaired) electrons. The van der Waals surface area contributed by atoms with Gasteiger partial charge in [0.05, 0.1) is 28.4 Å². The number of sulfonamides is 1. The molecule has 10 heteroatoms. The van der Waals surface area contributed by atoms with Crippen LogP contribution in [-0.2, 0) is 21.2 Å². The number of hydrogen-bond donors (Lipinski definition) is 2. The average Bonchev–Trinajstić information content (AvgIpc) is 3.01. The van der Waals surface area contributed by atoms with E-state index in [0.29, 0.717) is 25.3 Å². The van der Waals surface area contributed by atoms with E-state index in [1.807, 2.05) is 36.6 Å². The lowest BCUT2D eigenvalue weighted by Crippen LogP contribution is -2.38. The van der Waals surface area contributed by atoms with Crippen molar-refractivity contribution in [3.63, 3.8) is 0 Å². The summed E-state index contributed by atoms with van der Waals surface area (Å²) in [5.41, 5.74) is 1.88. The van der Waals surface area contributed by atoms with Gasteiger partial charge >= 0.3 is 0 Å². The molecule has 2 N–H and O–H groups in total. The number of hydrogen-bond acceptors (Lipinski definition) is 6. The number of nitrogens with one attached hydrogen (secondary N) is 2. The van der Waals surface area contributed by atoms with Crippen molar-refractivity contribution in [2.75, 3.05) is 35.6 Å². The van der Waals surface area contributed by atoms with Crippen molar-refractivity contribution in [2.45, 2.75) is 23.1 Å². The topological polar surface area (TPSA) is 105 Å². The van der Waals surface area contributed by atoms with Crippen LogP contribution in [0.25, 0.3) is 0 Å². The molecule has 4 aromatic carbocycles. The van der Waals surface area contributed by atoms with Crippen molar-refractivity contribution >= 4 is 45.0 Å². The molecule has 0 heterocycles. The minimum Gasteiger partial charge on any atom is -0.492 e. The number of nitrogens with zero attached hydrogens (tertiary/aromatic N) is 1. The first-order valence-corrected chi connectivity index (χ1v) is 16.1. The van der Waals surface area contributed by atoms with Crippen LogP contribution in [-0.4, -0.2) is 46.2 Å². The molecule has 8 nitrogen and oxygen atoms in total. The Balaban J connectivity index is 1.57. The van der Waals surface area contributed by atoms with Crippen molar-refractivity contribution in [3.05, 3.63) is 114 Å². The zero-order chi connectivity index (χ0) is 30.0. The number of carbonyl (C=O) groups excluding carboxylic acids is 2. The summed E-state index contributed by atoms with van der Waals surface area (Å²) in [5.74, 6) is -0.632. The second-order valence-corrected chi connectivity index (χ2v) is 11.9. The number of benzene rings is 4. The second kappa shape index (κ2) is 14.6. The lowest BCUT2D eigenvalue weighted by Gasteiger charge is -2.26. The minimum absolute atomic E-state index is 0.0394. The summed E-state index contributed by atoms with van der Waals surface area (Å²) in [5, 5.41) is 5.63. The van der Waals surface area contributed by atoms with E-state index in [4.69, 9.17) is 4.74 Å². The van der Waals surface area contributed by atoms with Gasteiger partial charge in [0, 0.05) is 11.4 Å². The molecular formula is C32H33N3O5S2. The summed E-state index contributed by atoms with van der Waals surface area (Å²) in [6, 6.07) is 29.6. The third kappa shape index (κ3) is 7.71. The molecule has 0 fully saturated rings. The quantitative estimate of drug-likeness (QED) is 0.193. The lowest BCUT2D eigenvalue weighted by molar-refractivity contribution is -0.114. The van der Waals surface area contributed by atoms with Crippen molar-refractivity contribution in [2.24, 2.45) is 0 Å². The van der Waals surface area contributed by atoms with Gasteiger partial charge in [-0.3, -0.25) is 13.9 Å². The Kier molecular flexibility index (Phi) is 10.6. The van der Waals surface area contributed by atoms with Crippen LogP contribution in [0.3, 0.4) is 0 Å². The molecule has 0 atom stereocenters. The van der Waals surface area contributed by atoms with Crippen LogP contribution in [0.2, 0.25) is 0 Å². The Morgan fingerprint density at radius 3 is 2.24 bits per heavy atom. The molecule has 0 unspecified atom stereocenters. The average molecular weight is 604 g/mol. The SMILES string of the molecule is CCOc1ccccc1N(CC(=O)Nc1ccccc1C(=O)NCCc1ccccc1)S(=O)(=O)c1ccc(SC)cc1. The highest BCUT2D eigenvalue weighted by molar-refractivity contribution is 7.98. The lowest BCUT2D eigenvalue weighted by atomic mass is 10.1. The smallest absolute Gasteiger partial charge is 0.264 e. The van der Waals surface area contributed by atoms with E-state index in [0.717, 1.165) is 14.8 Å². The minimum atomic E-state index is -4.17. The van der Waals surface area contributed by atoms with Gasteiger partial charge in [-0.25, -0.2) is 8.42 Å². The number of thioether (sulfide) groups is 1. The summed E-state index contributed by atoms with van der Waals surface area (Å²) in [6.45, 7) is 1.99. The Hall–Kier alpha value is -4.28. The molecule has 0 aliphatic heterocycles. The van der Waals surface area contributed by atoms with Crippen molar-refractivity contribution < 1.29 is 22.7 Å². The molecule has 0 bridgehead atoms. The highest BCUT2D eigenvalue weighted by atomic mass is 32.2. The van der Waals surface area contributed by atoms with Gasteiger partial charge in [0.15, 0.2) is 0 Å². The van der Waals surface area contributed by atoms with E-state index in [1.54, 1.807) is 67.6 Å². The monoisotopic (exact) mass is 603 g/mol. The standard InChI is InChI=1S/C32H33N3O5S2/c1-3-40-30-16-10-9-15-29(30)35(42(38,39)26-19-17-25(41-2)18-20-26)23-31(36)34-28-14-8-7-13-27(28)32(37)33-22-21-24-11-5-4-6-12-24/h4-20H,3,21-23H2,1-2H3,(H,33,37)(H,34,36). The van der Waals surface area contributed by atoms with E-state index in [-0.39, 0.29) is 27.7 Å². The van der Waals surface area contributed by atoms with Crippen LogP contribution in [0.15, 0.2) is 113 Å². The van der Waals surface area contributed by atoms with E-state index in [2.05, 4.69) is 10.6 Å². The fourth-order valence-corrected chi connectivity index (χ4v) is 6.13. The maximum Gasteiger partial charge on any atom is 0.264 e. The van der Waals surface area contributed by atoms with Gasteiger partial charge in [-0.1, -0.05) is 54.6 Å². The number of amides is 2. The van der Waals surface area contributed by atoms with E-state index >= 15 is 0 Å². The Bertz CT molecular complexity index is 1610. The first kappa shape index (κ1) is 30.7. The summed E-state index contributed by atoms with van der Waals surface area (Å²) >= 11 is 1.50. The first-order valence-electron chi connectivity index (χ1n) is 13.4. The van der Waals surface area contributed by atoms with Gasteiger partial charge in [0.1, 0.15) is 12.3 Å². The molecule has 0 aliphatic carbocycles. The van der Waals surface area contributed by atoms with Crippen LogP contribution >= 0.6 is 11.8 Å². The van der Waals surface area contributed by atoms with Gasteiger partial charge in [0.2, 0.25) is 5.91 Å². The largest absolute Gasteiger partial charge is 0.492 e. The Labute approximate surface area is 251 Å². The number of ether oxygens (including phenoxy) is 1. The molecular weight excluding hydrogens is 571 g/mol. The highest BCUT2D eigenvalue weighted by Gasteiger charge is 2.30. The number of anilines is 2. The maximum atomic E-state index is 13.9. The van der Waals surface area contributed by atoms with Crippen molar-refractivity contribution in [1.29, 1.82) is 0 Å². The van der Waals surface area contributed by atoms with Crippen LogP contribution in [0, 0.1) is 0 Å². The fraction of sp³-hybridized carbons (Fsp3) is 0.188. The normalized spacial score (nSPS) is 11.0. The molecule has 42 heavy (non-hydrogen) atoms. The van der Waals surface area contributed by atoms with Gasteiger partial charge in [-0.15, -0.1) is 11.8 Å². The Morgan fingerprint density at radius 2 is 1.52 bits per heavy atom. The molecule has 2 amide bonds. The van der Waals surface area contributed by atoms with E-state index < -0.39 is 22.5 Å². The molecule has 0 spiro atoms. The van der Waals surface area contributed by atoms with Crippen molar-refractivity contribution in [1.82, 2.24) is 5.32 Å². The van der Waals surface area contributed by atoms with Gasteiger partial charge in [-0.2, -0.15) is 0 Å². The van der Waals surface area contributed by atoms with Crippen molar-refractivity contribution in [3.8, 4) is 5.75 Å². The third-order valence-electron chi connectivity index (χ3n) is 6.36. The third-order valence-corrected chi connectivity index (χ3v) is 8.87. The van der Waals surface area contributed by atoms with Gasteiger partial charge in [0.25, 0.3) is 15.9 Å². The molecule has 4 aromatic rings. The Morgan fingerprint density at radius 1 is 0.857 bits per heavy atom. The molecule has 4 rings (SSSR count). The molecule has 0 aliphatic rings. The number of carbonyl (C=O) groups is 2. The fourth-order valence-electron chi connectivity index (χ4n) is 4.29. The first-order chi connectivity index (χ1) is 20.3. The summed E-state index contributed by atoms with van der Waals surface area (Å²) in [7, 11) is -4.17.